The number of halogens is 1. The third-order valence-electron chi connectivity index (χ3n) is 4.22. The summed E-state index contributed by atoms with van der Waals surface area (Å²) in [4.78, 5) is 12.0. The highest BCUT2D eigenvalue weighted by Gasteiger charge is 2.16. The second-order valence-electron chi connectivity index (χ2n) is 6.77. The maximum atomic E-state index is 12.9. The fourth-order valence-corrected chi connectivity index (χ4v) is 3.54. The first-order chi connectivity index (χ1) is 13.3. The number of para-hydroxylation sites is 1. The van der Waals surface area contributed by atoms with Crippen molar-refractivity contribution in [2.24, 2.45) is 5.92 Å². The Balaban J connectivity index is 1.78. The predicted octanol–water partition coefficient (Wildman–Crippen LogP) is 2.75. The lowest BCUT2D eigenvalue weighted by Gasteiger charge is -2.24. The predicted molar refractivity (Wildman–Crippen MR) is 108 cm³/mol. The molecule has 0 heterocycles. The van der Waals surface area contributed by atoms with Crippen LogP contribution in [-0.4, -0.2) is 33.5 Å². The Hall–Kier alpha value is -2.45. The number of anilines is 1. The number of amides is 1. The van der Waals surface area contributed by atoms with Gasteiger partial charge in [0.1, 0.15) is 5.82 Å². The number of carbonyl (C=O) groups excluding carboxylic acids is 1. The van der Waals surface area contributed by atoms with E-state index in [0.717, 1.165) is 17.8 Å². The number of hydrogen-bond donors (Lipinski definition) is 3. The standard InChI is InChI=1S/C20H26FN3O3S/c1-15(2)19(24-17-6-4-3-5-7-17)14-22-20(25)12-13-23-28(26,27)18-10-8-16(21)9-11-18/h3-11,15,19,23-24H,12-14H2,1-2H3,(H,22,25). The molecule has 0 saturated carbocycles. The summed E-state index contributed by atoms with van der Waals surface area (Å²) in [7, 11) is -3.77. The molecule has 0 spiro atoms. The van der Waals surface area contributed by atoms with Crippen LogP contribution in [0.3, 0.4) is 0 Å². The van der Waals surface area contributed by atoms with Crippen molar-refractivity contribution in [3.8, 4) is 0 Å². The van der Waals surface area contributed by atoms with Crippen molar-refractivity contribution in [2.75, 3.05) is 18.4 Å². The molecule has 0 saturated heterocycles. The SMILES string of the molecule is CC(C)C(CNC(=O)CCNS(=O)(=O)c1ccc(F)cc1)Nc1ccccc1. The molecule has 1 amide bonds. The van der Waals surface area contributed by atoms with Gasteiger partial charge in [0.25, 0.3) is 0 Å². The van der Waals surface area contributed by atoms with E-state index in [1.54, 1.807) is 0 Å². The van der Waals surface area contributed by atoms with Gasteiger partial charge < -0.3 is 10.6 Å². The van der Waals surface area contributed by atoms with Crippen LogP contribution >= 0.6 is 0 Å². The normalized spacial score (nSPS) is 12.6. The molecule has 0 aromatic heterocycles. The molecule has 2 aromatic carbocycles. The molecule has 0 aliphatic heterocycles. The molecule has 0 aliphatic rings. The van der Waals surface area contributed by atoms with E-state index in [1.807, 2.05) is 30.3 Å². The van der Waals surface area contributed by atoms with Crippen LogP contribution in [0, 0.1) is 11.7 Å². The monoisotopic (exact) mass is 407 g/mol. The summed E-state index contributed by atoms with van der Waals surface area (Å²) in [5, 5.41) is 6.22. The van der Waals surface area contributed by atoms with Crippen molar-refractivity contribution in [3.05, 3.63) is 60.4 Å². The zero-order valence-electron chi connectivity index (χ0n) is 16.0. The zero-order valence-corrected chi connectivity index (χ0v) is 16.8. The van der Waals surface area contributed by atoms with Crippen LogP contribution in [0.15, 0.2) is 59.5 Å². The van der Waals surface area contributed by atoms with Gasteiger partial charge in [0.15, 0.2) is 0 Å². The van der Waals surface area contributed by atoms with E-state index in [9.17, 15) is 17.6 Å². The van der Waals surface area contributed by atoms with Gasteiger partial charge in [-0.15, -0.1) is 0 Å². The average molecular weight is 408 g/mol. The number of hydrogen-bond acceptors (Lipinski definition) is 4. The van der Waals surface area contributed by atoms with Gasteiger partial charge in [-0.05, 0) is 42.3 Å². The first-order valence-electron chi connectivity index (χ1n) is 9.11. The fourth-order valence-electron chi connectivity index (χ4n) is 2.51. The van der Waals surface area contributed by atoms with Gasteiger partial charge in [-0.2, -0.15) is 0 Å². The summed E-state index contributed by atoms with van der Waals surface area (Å²) in [6.07, 6.45) is 0.0105. The van der Waals surface area contributed by atoms with Gasteiger partial charge in [0.2, 0.25) is 15.9 Å². The highest BCUT2D eigenvalue weighted by Crippen LogP contribution is 2.12. The Morgan fingerprint density at radius 2 is 1.68 bits per heavy atom. The van der Waals surface area contributed by atoms with Crippen molar-refractivity contribution >= 4 is 21.6 Å². The van der Waals surface area contributed by atoms with Gasteiger partial charge in [0, 0.05) is 31.2 Å². The van der Waals surface area contributed by atoms with Gasteiger partial charge >= 0.3 is 0 Å². The quantitative estimate of drug-likeness (QED) is 0.565. The van der Waals surface area contributed by atoms with Crippen LogP contribution < -0.4 is 15.4 Å². The summed E-state index contributed by atoms with van der Waals surface area (Å²) in [5.74, 6) is -0.470. The summed E-state index contributed by atoms with van der Waals surface area (Å²) >= 11 is 0. The molecule has 8 heteroatoms. The van der Waals surface area contributed by atoms with Gasteiger partial charge in [-0.1, -0.05) is 32.0 Å². The van der Waals surface area contributed by atoms with E-state index in [0.29, 0.717) is 6.54 Å². The van der Waals surface area contributed by atoms with Crippen molar-refractivity contribution in [1.29, 1.82) is 0 Å². The lowest BCUT2D eigenvalue weighted by atomic mass is 10.0. The summed E-state index contributed by atoms with van der Waals surface area (Å²) in [5.41, 5.74) is 0.975. The smallest absolute Gasteiger partial charge is 0.240 e. The number of sulfonamides is 1. The van der Waals surface area contributed by atoms with Crippen LogP contribution in [0.5, 0.6) is 0 Å². The summed E-state index contributed by atoms with van der Waals surface area (Å²) < 4.78 is 39.5. The third kappa shape index (κ3) is 6.94. The summed E-state index contributed by atoms with van der Waals surface area (Å²) in [6, 6.07) is 14.3. The Labute approximate surface area is 165 Å². The summed E-state index contributed by atoms with van der Waals surface area (Å²) in [6.45, 7) is 4.51. The molecular weight excluding hydrogens is 381 g/mol. The largest absolute Gasteiger partial charge is 0.380 e. The van der Waals surface area contributed by atoms with Gasteiger partial charge in [0.05, 0.1) is 4.90 Å². The number of rotatable bonds is 10. The van der Waals surface area contributed by atoms with E-state index in [1.165, 1.54) is 12.1 Å². The van der Waals surface area contributed by atoms with E-state index < -0.39 is 15.8 Å². The molecule has 2 aromatic rings. The Morgan fingerprint density at radius 3 is 2.29 bits per heavy atom. The molecule has 0 aliphatic carbocycles. The van der Waals surface area contributed by atoms with Crippen LogP contribution in [0.25, 0.3) is 0 Å². The first kappa shape index (κ1) is 21.8. The molecule has 152 valence electrons. The van der Waals surface area contributed by atoms with Gasteiger partial charge in [-0.3, -0.25) is 4.79 Å². The highest BCUT2D eigenvalue weighted by molar-refractivity contribution is 7.89. The number of benzene rings is 2. The maximum Gasteiger partial charge on any atom is 0.240 e. The van der Waals surface area contributed by atoms with Crippen molar-refractivity contribution < 1.29 is 17.6 Å². The van der Waals surface area contributed by atoms with E-state index in [-0.39, 0.29) is 35.7 Å². The second kappa shape index (κ2) is 10.2. The minimum Gasteiger partial charge on any atom is -0.380 e. The molecular formula is C20H26FN3O3S. The Kier molecular flexibility index (Phi) is 7.95. The minimum absolute atomic E-state index is 0.0105. The Morgan fingerprint density at radius 1 is 1.04 bits per heavy atom. The minimum atomic E-state index is -3.77. The van der Waals surface area contributed by atoms with E-state index >= 15 is 0 Å². The third-order valence-corrected chi connectivity index (χ3v) is 5.69. The topological polar surface area (TPSA) is 87.3 Å². The number of nitrogens with one attached hydrogen (secondary N) is 3. The van der Waals surface area contributed by atoms with Crippen molar-refractivity contribution in [2.45, 2.75) is 31.2 Å². The lowest BCUT2D eigenvalue weighted by molar-refractivity contribution is -0.121. The highest BCUT2D eigenvalue weighted by atomic mass is 32.2. The van der Waals surface area contributed by atoms with E-state index in [2.05, 4.69) is 29.2 Å². The average Bonchev–Trinajstić information content (AvgIpc) is 2.66. The number of carbonyl (C=O) groups is 1. The van der Waals surface area contributed by atoms with Crippen molar-refractivity contribution in [1.82, 2.24) is 10.0 Å². The van der Waals surface area contributed by atoms with Crippen molar-refractivity contribution in [3.63, 3.8) is 0 Å². The molecule has 1 unspecified atom stereocenters. The van der Waals surface area contributed by atoms with Crippen LogP contribution in [0.1, 0.15) is 20.3 Å². The first-order valence-corrected chi connectivity index (χ1v) is 10.6. The van der Waals surface area contributed by atoms with E-state index in [4.69, 9.17) is 0 Å². The molecule has 3 N–H and O–H groups in total. The van der Waals surface area contributed by atoms with Gasteiger partial charge in [-0.25, -0.2) is 17.5 Å². The molecule has 28 heavy (non-hydrogen) atoms. The Bertz CT molecular complexity index is 856. The fraction of sp³-hybridized carbons (Fsp3) is 0.350. The molecule has 2 rings (SSSR count). The molecule has 0 radical (unpaired) electrons. The van der Waals surface area contributed by atoms with Crippen LogP contribution in [0.2, 0.25) is 0 Å². The molecule has 1 atom stereocenters. The molecule has 0 bridgehead atoms. The molecule has 0 fully saturated rings. The van der Waals surface area contributed by atoms with Crippen LogP contribution in [-0.2, 0) is 14.8 Å². The zero-order chi connectivity index (χ0) is 20.6. The lowest BCUT2D eigenvalue weighted by Crippen LogP contribution is -2.40. The maximum absolute atomic E-state index is 12.9. The molecule has 6 nitrogen and oxygen atoms in total. The second-order valence-corrected chi connectivity index (χ2v) is 8.53. The van der Waals surface area contributed by atoms with Crippen LogP contribution in [0.4, 0.5) is 10.1 Å².